The van der Waals surface area contributed by atoms with E-state index in [1.165, 1.54) is 0 Å². The molecule has 6 rings (SSSR count). The molecule has 0 bridgehead atoms. The summed E-state index contributed by atoms with van der Waals surface area (Å²) in [5.74, 6) is 0.962. The lowest BCUT2D eigenvalue weighted by molar-refractivity contribution is -0.117. The van der Waals surface area contributed by atoms with Crippen LogP contribution in [0.3, 0.4) is 0 Å². The van der Waals surface area contributed by atoms with Gasteiger partial charge in [-0.3, -0.25) is 19.4 Å². The lowest BCUT2D eigenvalue weighted by atomic mass is 10.0. The Labute approximate surface area is 207 Å². The van der Waals surface area contributed by atoms with E-state index in [-0.39, 0.29) is 5.78 Å². The maximum absolute atomic E-state index is 12.7. The van der Waals surface area contributed by atoms with E-state index in [1.54, 1.807) is 24.9 Å². The minimum absolute atomic E-state index is 0.126. The van der Waals surface area contributed by atoms with E-state index in [0.717, 1.165) is 56.2 Å². The minimum Gasteiger partial charge on any atom is -0.354 e. The fourth-order valence-corrected chi connectivity index (χ4v) is 4.36. The second-order valence-electron chi connectivity index (χ2n) is 8.81. The minimum atomic E-state index is 0.126. The number of nitrogens with one attached hydrogen (secondary N) is 2. The van der Waals surface area contributed by atoms with Crippen molar-refractivity contribution in [2.75, 3.05) is 0 Å². The zero-order chi connectivity index (χ0) is 24.5. The Balaban J connectivity index is 1.16. The number of H-pyrrole nitrogens is 2. The van der Waals surface area contributed by atoms with Gasteiger partial charge in [-0.2, -0.15) is 5.10 Å². The van der Waals surface area contributed by atoms with Crippen LogP contribution in [0.5, 0.6) is 0 Å². The number of rotatable bonds is 7. The lowest BCUT2D eigenvalue weighted by Crippen LogP contribution is -2.06. The van der Waals surface area contributed by atoms with E-state index >= 15 is 0 Å². The van der Waals surface area contributed by atoms with Gasteiger partial charge in [0.2, 0.25) is 0 Å². The van der Waals surface area contributed by atoms with E-state index in [9.17, 15) is 4.79 Å². The number of Topliss-reactive ketones (excluding diaryl/α,β-unsaturated/α-hetero) is 1. The van der Waals surface area contributed by atoms with Gasteiger partial charge in [0.25, 0.3) is 0 Å². The first kappa shape index (κ1) is 21.7. The summed E-state index contributed by atoms with van der Waals surface area (Å²) in [5.41, 5.74) is 7.47. The maximum atomic E-state index is 12.7. The van der Waals surface area contributed by atoms with Crippen LogP contribution in [0.2, 0.25) is 0 Å². The first-order chi connectivity index (χ1) is 17.6. The van der Waals surface area contributed by atoms with Gasteiger partial charge in [-0.05, 0) is 48.4 Å². The Morgan fingerprint density at radius 3 is 2.64 bits per heavy atom. The summed E-state index contributed by atoms with van der Waals surface area (Å²) >= 11 is 0. The summed E-state index contributed by atoms with van der Waals surface area (Å²) in [6.07, 6.45) is 9.68. The number of hydrogen-bond acceptors (Lipinski definition) is 5. The zero-order valence-electron chi connectivity index (χ0n) is 19.6. The monoisotopic (exact) mass is 473 g/mol. The highest BCUT2D eigenvalue weighted by molar-refractivity contribution is 5.91. The van der Waals surface area contributed by atoms with Crippen molar-refractivity contribution in [3.05, 3.63) is 103 Å². The normalized spacial score (nSPS) is 11.2. The summed E-state index contributed by atoms with van der Waals surface area (Å²) in [5, 5.41) is 8.30. The molecular weight excluding hydrogens is 450 g/mol. The van der Waals surface area contributed by atoms with Gasteiger partial charge in [-0.15, -0.1) is 0 Å². The first-order valence-corrected chi connectivity index (χ1v) is 11.7. The number of aromatic nitrogens is 7. The molecule has 0 aliphatic carbocycles. The molecule has 0 unspecified atom stereocenters. The molecule has 0 saturated carbocycles. The average Bonchev–Trinajstić information content (AvgIpc) is 3.64. The number of carbonyl (C=O) groups excluding carboxylic acids is 1. The summed E-state index contributed by atoms with van der Waals surface area (Å²) in [6, 6.07) is 17.9. The summed E-state index contributed by atoms with van der Waals surface area (Å²) in [7, 11) is 0. The van der Waals surface area contributed by atoms with Crippen LogP contribution in [0, 0.1) is 6.92 Å². The number of aromatic amines is 2. The predicted molar refractivity (Wildman–Crippen MR) is 138 cm³/mol. The molecule has 0 radical (unpaired) electrons. The highest BCUT2D eigenvalue weighted by atomic mass is 16.1. The first-order valence-electron chi connectivity index (χ1n) is 11.7. The molecule has 1 aromatic carbocycles. The SMILES string of the molecule is Cc1cn(-c2nccc3[nH]c(-c4ccc(CC(=O)Cc5cc(-c6cccnc6)n[nH]5)cc4)cc23)cn1. The van der Waals surface area contributed by atoms with Gasteiger partial charge in [-0.1, -0.05) is 24.3 Å². The number of nitrogens with zero attached hydrogens (tertiary/aromatic N) is 5. The molecule has 0 amide bonds. The molecule has 0 saturated heterocycles. The fourth-order valence-electron chi connectivity index (χ4n) is 4.36. The van der Waals surface area contributed by atoms with Crippen molar-refractivity contribution < 1.29 is 4.79 Å². The Morgan fingerprint density at radius 1 is 0.972 bits per heavy atom. The van der Waals surface area contributed by atoms with Gasteiger partial charge in [0.1, 0.15) is 17.9 Å². The van der Waals surface area contributed by atoms with Crippen molar-refractivity contribution in [1.82, 2.24) is 34.7 Å². The highest BCUT2D eigenvalue weighted by Gasteiger charge is 2.12. The zero-order valence-corrected chi connectivity index (χ0v) is 19.6. The Morgan fingerprint density at radius 2 is 1.86 bits per heavy atom. The number of hydrogen-bond donors (Lipinski definition) is 2. The third-order valence-corrected chi connectivity index (χ3v) is 6.13. The number of carbonyl (C=O) groups is 1. The number of ketones is 1. The lowest BCUT2D eigenvalue weighted by Gasteiger charge is -2.03. The van der Waals surface area contributed by atoms with Crippen LogP contribution in [-0.2, 0) is 17.6 Å². The highest BCUT2D eigenvalue weighted by Crippen LogP contribution is 2.28. The molecule has 0 aliphatic rings. The van der Waals surface area contributed by atoms with Crippen molar-refractivity contribution in [3.63, 3.8) is 0 Å². The van der Waals surface area contributed by atoms with E-state index in [0.29, 0.717) is 12.8 Å². The molecule has 8 heteroatoms. The Hall–Kier alpha value is -4.85. The van der Waals surface area contributed by atoms with Crippen molar-refractivity contribution in [2.45, 2.75) is 19.8 Å². The van der Waals surface area contributed by atoms with E-state index in [2.05, 4.69) is 36.2 Å². The Kier molecular flexibility index (Phi) is 5.46. The largest absolute Gasteiger partial charge is 0.354 e. The maximum Gasteiger partial charge on any atom is 0.147 e. The predicted octanol–water partition coefficient (Wildman–Crippen LogP) is 4.86. The van der Waals surface area contributed by atoms with Gasteiger partial charge in [-0.25, -0.2) is 9.97 Å². The molecular formula is C28H23N7O. The van der Waals surface area contributed by atoms with Crippen LogP contribution < -0.4 is 0 Å². The number of imidazole rings is 1. The molecule has 0 fully saturated rings. The molecule has 176 valence electrons. The van der Waals surface area contributed by atoms with Crippen molar-refractivity contribution in [2.24, 2.45) is 0 Å². The summed E-state index contributed by atoms with van der Waals surface area (Å²) < 4.78 is 1.93. The second kappa shape index (κ2) is 9.07. The van der Waals surface area contributed by atoms with Crippen LogP contribution in [0.15, 0.2) is 85.7 Å². The molecule has 5 heterocycles. The van der Waals surface area contributed by atoms with Gasteiger partial charge in [0, 0.05) is 60.0 Å². The summed E-state index contributed by atoms with van der Waals surface area (Å²) in [4.78, 5) is 29.2. The van der Waals surface area contributed by atoms with E-state index in [1.807, 2.05) is 66.2 Å². The second-order valence-corrected chi connectivity index (χ2v) is 8.81. The standard InChI is InChI=1S/C28H23N7O/c1-18-16-35(17-31-18)28-24-14-26(32-25(24)8-10-30-28)20-6-4-19(5-7-20)11-23(36)12-22-13-27(34-33-22)21-3-2-9-29-15-21/h2-10,13-17,32H,11-12H2,1H3,(H,33,34). The van der Waals surface area contributed by atoms with Crippen LogP contribution in [-0.4, -0.2) is 40.5 Å². The number of benzene rings is 1. The van der Waals surface area contributed by atoms with Crippen LogP contribution in [0.1, 0.15) is 17.0 Å². The Bertz CT molecular complexity index is 1660. The van der Waals surface area contributed by atoms with E-state index in [4.69, 9.17) is 0 Å². The van der Waals surface area contributed by atoms with Gasteiger partial charge in [0.05, 0.1) is 16.9 Å². The third kappa shape index (κ3) is 4.32. The van der Waals surface area contributed by atoms with Crippen molar-refractivity contribution >= 4 is 16.7 Å². The number of aryl methyl sites for hydroxylation is 1. The van der Waals surface area contributed by atoms with Gasteiger partial charge >= 0.3 is 0 Å². The number of pyridine rings is 2. The fraction of sp³-hybridized carbons (Fsp3) is 0.107. The van der Waals surface area contributed by atoms with Gasteiger partial charge in [0.15, 0.2) is 0 Å². The molecule has 6 aromatic rings. The smallest absolute Gasteiger partial charge is 0.147 e. The molecule has 0 spiro atoms. The average molecular weight is 474 g/mol. The third-order valence-electron chi connectivity index (χ3n) is 6.13. The van der Waals surface area contributed by atoms with Gasteiger partial charge < -0.3 is 4.98 Å². The molecule has 0 aliphatic heterocycles. The summed E-state index contributed by atoms with van der Waals surface area (Å²) in [6.45, 7) is 1.96. The molecule has 5 aromatic heterocycles. The molecule has 0 atom stereocenters. The quantitative estimate of drug-likeness (QED) is 0.344. The molecule has 2 N–H and O–H groups in total. The van der Waals surface area contributed by atoms with Crippen molar-refractivity contribution in [3.8, 4) is 28.3 Å². The van der Waals surface area contributed by atoms with E-state index < -0.39 is 0 Å². The van der Waals surface area contributed by atoms with Crippen LogP contribution in [0.4, 0.5) is 0 Å². The van der Waals surface area contributed by atoms with Crippen LogP contribution >= 0.6 is 0 Å². The molecule has 36 heavy (non-hydrogen) atoms. The van der Waals surface area contributed by atoms with Crippen LogP contribution in [0.25, 0.3) is 39.2 Å². The number of fused-ring (bicyclic) bond motifs is 1. The van der Waals surface area contributed by atoms with Crippen molar-refractivity contribution in [1.29, 1.82) is 0 Å². The topological polar surface area (TPSA) is 105 Å². The molecule has 8 nitrogen and oxygen atoms in total.